The lowest BCUT2D eigenvalue weighted by Crippen LogP contribution is -2.44. The fourth-order valence-electron chi connectivity index (χ4n) is 3.67. The van der Waals surface area contributed by atoms with Crippen LogP contribution in [0.5, 0.6) is 0 Å². The summed E-state index contributed by atoms with van der Waals surface area (Å²) in [6.07, 6.45) is 5.83. The van der Waals surface area contributed by atoms with Crippen molar-refractivity contribution < 1.29 is 9.59 Å². The number of hydrogen-bond acceptors (Lipinski definition) is 3. The van der Waals surface area contributed by atoms with E-state index in [1.807, 2.05) is 13.8 Å². The minimum atomic E-state index is -0.279. The Balaban J connectivity index is 1.88. The SMILES string of the molecule is CCC(CC)N1C(=O)CC(NCC2CCC(C)C2)C1=O. The number of nitrogens with one attached hydrogen (secondary N) is 1. The molecule has 0 spiro atoms. The predicted octanol–water partition coefficient (Wildman–Crippen LogP) is 2.33. The number of carbonyl (C=O) groups excluding carboxylic acids is 2. The summed E-state index contributed by atoms with van der Waals surface area (Å²) >= 11 is 0. The van der Waals surface area contributed by atoms with Crippen LogP contribution in [0.15, 0.2) is 0 Å². The van der Waals surface area contributed by atoms with Gasteiger partial charge in [0.15, 0.2) is 0 Å². The Kier molecular flexibility index (Phi) is 5.19. The van der Waals surface area contributed by atoms with Gasteiger partial charge in [0.2, 0.25) is 11.8 Å². The quantitative estimate of drug-likeness (QED) is 0.760. The molecule has 2 aliphatic rings. The smallest absolute Gasteiger partial charge is 0.247 e. The van der Waals surface area contributed by atoms with Gasteiger partial charge in [-0.25, -0.2) is 0 Å². The largest absolute Gasteiger partial charge is 0.305 e. The van der Waals surface area contributed by atoms with Crippen molar-refractivity contribution in [2.24, 2.45) is 11.8 Å². The van der Waals surface area contributed by atoms with Crippen molar-refractivity contribution in [3.63, 3.8) is 0 Å². The minimum absolute atomic E-state index is 0.000917. The number of nitrogens with zero attached hydrogens (tertiary/aromatic N) is 1. The van der Waals surface area contributed by atoms with Crippen LogP contribution in [0.2, 0.25) is 0 Å². The molecule has 20 heavy (non-hydrogen) atoms. The molecule has 0 radical (unpaired) electrons. The van der Waals surface area contributed by atoms with Crippen LogP contribution in [0, 0.1) is 11.8 Å². The first-order chi connectivity index (χ1) is 9.56. The molecule has 1 heterocycles. The Hall–Kier alpha value is -0.900. The van der Waals surface area contributed by atoms with Gasteiger partial charge < -0.3 is 5.32 Å². The molecule has 1 N–H and O–H groups in total. The van der Waals surface area contributed by atoms with Gasteiger partial charge in [-0.3, -0.25) is 14.5 Å². The van der Waals surface area contributed by atoms with E-state index >= 15 is 0 Å². The summed E-state index contributed by atoms with van der Waals surface area (Å²) in [4.78, 5) is 26.0. The highest BCUT2D eigenvalue weighted by atomic mass is 16.2. The van der Waals surface area contributed by atoms with Gasteiger partial charge in [-0.15, -0.1) is 0 Å². The Morgan fingerprint density at radius 3 is 2.50 bits per heavy atom. The van der Waals surface area contributed by atoms with E-state index in [1.54, 1.807) is 0 Å². The molecule has 4 nitrogen and oxygen atoms in total. The number of carbonyl (C=O) groups is 2. The number of hydrogen-bond donors (Lipinski definition) is 1. The van der Waals surface area contributed by atoms with E-state index in [2.05, 4.69) is 12.2 Å². The number of imide groups is 1. The lowest BCUT2D eigenvalue weighted by molar-refractivity contribution is -0.141. The topological polar surface area (TPSA) is 49.4 Å². The number of rotatable bonds is 6. The van der Waals surface area contributed by atoms with Gasteiger partial charge >= 0.3 is 0 Å². The maximum Gasteiger partial charge on any atom is 0.247 e. The van der Waals surface area contributed by atoms with Crippen LogP contribution in [-0.4, -0.2) is 35.3 Å². The summed E-state index contributed by atoms with van der Waals surface area (Å²) in [6, 6.07) is -0.202. The lowest BCUT2D eigenvalue weighted by atomic mass is 10.1. The molecule has 2 amide bonds. The van der Waals surface area contributed by atoms with Crippen molar-refractivity contribution in [1.82, 2.24) is 10.2 Å². The molecule has 0 aromatic rings. The molecule has 4 heteroatoms. The van der Waals surface area contributed by atoms with Gasteiger partial charge in [0, 0.05) is 6.04 Å². The zero-order valence-corrected chi connectivity index (χ0v) is 13.0. The van der Waals surface area contributed by atoms with Crippen molar-refractivity contribution in [3.8, 4) is 0 Å². The molecular formula is C16H28N2O2. The monoisotopic (exact) mass is 280 g/mol. The average molecular weight is 280 g/mol. The first-order valence-corrected chi connectivity index (χ1v) is 8.16. The maximum absolute atomic E-state index is 12.4. The molecule has 1 aliphatic heterocycles. The molecule has 1 aliphatic carbocycles. The van der Waals surface area contributed by atoms with E-state index in [0.717, 1.165) is 25.3 Å². The van der Waals surface area contributed by atoms with E-state index < -0.39 is 0 Å². The van der Waals surface area contributed by atoms with Crippen LogP contribution in [0.1, 0.15) is 59.3 Å². The molecular weight excluding hydrogens is 252 g/mol. The van der Waals surface area contributed by atoms with Crippen LogP contribution in [0.4, 0.5) is 0 Å². The standard InChI is InChI=1S/C16H28N2O2/c1-4-13(5-2)18-15(19)9-14(16(18)20)17-10-12-7-6-11(3)8-12/h11-14,17H,4-10H2,1-3H3. The van der Waals surface area contributed by atoms with Crippen molar-refractivity contribution >= 4 is 11.8 Å². The number of amides is 2. The maximum atomic E-state index is 12.4. The highest BCUT2D eigenvalue weighted by Crippen LogP contribution is 2.30. The van der Waals surface area contributed by atoms with E-state index in [4.69, 9.17) is 0 Å². The Bertz CT molecular complexity index is 365. The second-order valence-electron chi connectivity index (χ2n) is 6.52. The summed E-state index contributed by atoms with van der Waals surface area (Å²) in [6.45, 7) is 7.24. The van der Waals surface area contributed by atoms with Crippen LogP contribution in [0.3, 0.4) is 0 Å². The van der Waals surface area contributed by atoms with Gasteiger partial charge in [0.25, 0.3) is 0 Å². The molecule has 2 rings (SSSR count). The molecule has 3 unspecified atom stereocenters. The van der Waals surface area contributed by atoms with Crippen LogP contribution in [0.25, 0.3) is 0 Å². The molecule has 1 saturated heterocycles. The third-order valence-corrected chi connectivity index (χ3v) is 4.95. The average Bonchev–Trinajstić information content (AvgIpc) is 2.95. The fourth-order valence-corrected chi connectivity index (χ4v) is 3.67. The highest BCUT2D eigenvalue weighted by Gasteiger charge is 2.41. The van der Waals surface area contributed by atoms with Gasteiger partial charge in [-0.1, -0.05) is 27.2 Å². The van der Waals surface area contributed by atoms with Crippen LogP contribution < -0.4 is 5.32 Å². The first kappa shape index (κ1) is 15.5. The van der Waals surface area contributed by atoms with Gasteiger partial charge in [-0.2, -0.15) is 0 Å². The molecule has 2 fully saturated rings. The van der Waals surface area contributed by atoms with E-state index in [-0.39, 0.29) is 23.9 Å². The second kappa shape index (κ2) is 6.70. The summed E-state index contributed by atoms with van der Waals surface area (Å²) in [5, 5.41) is 3.35. The molecule has 0 bridgehead atoms. The minimum Gasteiger partial charge on any atom is -0.305 e. The van der Waals surface area contributed by atoms with Crippen molar-refractivity contribution in [1.29, 1.82) is 0 Å². The van der Waals surface area contributed by atoms with E-state index in [9.17, 15) is 9.59 Å². The van der Waals surface area contributed by atoms with E-state index in [1.165, 1.54) is 24.2 Å². The fraction of sp³-hybridized carbons (Fsp3) is 0.875. The summed E-state index contributed by atoms with van der Waals surface area (Å²) in [7, 11) is 0. The summed E-state index contributed by atoms with van der Waals surface area (Å²) < 4.78 is 0. The normalized spacial score (nSPS) is 30.8. The summed E-state index contributed by atoms with van der Waals surface area (Å²) in [5.74, 6) is 1.48. The first-order valence-electron chi connectivity index (χ1n) is 8.16. The van der Waals surface area contributed by atoms with Gasteiger partial charge in [-0.05, 0) is 44.1 Å². The number of likely N-dealkylation sites (tertiary alicyclic amines) is 1. The van der Waals surface area contributed by atoms with Gasteiger partial charge in [0.05, 0.1) is 12.5 Å². The Morgan fingerprint density at radius 2 is 1.95 bits per heavy atom. The van der Waals surface area contributed by atoms with Crippen LogP contribution >= 0.6 is 0 Å². The molecule has 0 aromatic heterocycles. The molecule has 1 saturated carbocycles. The zero-order chi connectivity index (χ0) is 14.7. The zero-order valence-electron chi connectivity index (χ0n) is 13.0. The van der Waals surface area contributed by atoms with Crippen molar-refractivity contribution in [2.75, 3.05) is 6.54 Å². The molecule has 3 atom stereocenters. The molecule has 114 valence electrons. The lowest BCUT2D eigenvalue weighted by Gasteiger charge is -2.24. The third kappa shape index (κ3) is 3.22. The van der Waals surface area contributed by atoms with Gasteiger partial charge in [0.1, 0.15) is 0 Å². The Labute approximate surface area is 122 Å². The predicted molar refractivity (Wildman–Crippen MR) is 79.1 cm³/mol. The van der Waals surface area contributed by atoms with Crippen molar-refractivity contribution in [2.45, 2.75) is 71.4 Å². The highest BCUT2D eigenvalue weighted by molar-refractivity contribution is 6.05. The van der Waals surface area contributed by atoms with Crippen LogP contribution in [-0.2, 0) is 9.59 Å². The van der Waals surface area contributed by atoms with E-state index in [0.29, 0.717) is 12.3 Å². The summed E-state index contributed by atoms with van der Waals surface area (Å²) in [5.41, 5.74) is 0. The molecule has 0 aromatic carbocycles. The second-order valence-corrected chi connectivity index (χ2v) is 6.52. The van der Waals surface area contributed by atoms with Crippen molar-refractivity contribution in [3.05, 3.63) is 0 Å². The Morgan fingerprint density at radius 1 is 1.25 bits per heavy atom. The third-order valence-electron chi connectivity index (χ3n) is 4.95.